The van der Waals surface area contributed by atoms with Crippen molar-refractivity contribution in [3.63, 3.8) is 0 Å². The number of imidazole rings is 2. The van der Waals surface area contributed by atoms with Gasteiger partial charge in [-0.2, -0.15) is 0 Å². The number of anilines is 2. The lowest BCUT2D eigenvalue weighted by molar-refractivity contribution is -0.143. The number of aliphatic hydroxyl groups is 1. The predicted molar refractivity (Wildman–Crippen MR) is 227 cm³/mol. The number of benzene rings is 2. The van der Waals surface area contributed by atoms with Crippen LogP contribution in [0.2, 0.25) is 10.0 Å². The van der Waals surface area contributed by atoms with Crippen molar-refractivity contribution in [1.29, 1.82) is 0 Å². The molecule has 0 saturated heterocycles. The third-order valence-corrected chi connectivity index (χ3v) is 13.4. The number of halogens is 2. The van der Waals surface area contributed by atoms with Crippen LogP contribution in [0.3, 0.4) is 0 Å². The molecule has 4 aromatic rings. The third-order valence-electron chi connectivity index (χ3n) is 12.6. The molecule has 12 nitrogen and oxygen atoms in total. The van der Waals surface area contributed by atoms with Crippen LogP contribution in [0.25, 0.3) is 11.1 Å². The molecule has 1 saturated carbocycles. The van der Waals surface area contributed by atoms with Gasteiger partial charge in [-0.1, -0.05) is 73.2 Å². The monoisotopic (exact) mass is 831 g/mol. The van der Waals surface area contributed by atoms with Gasteiger partial charge in [-0.05, 0) is 82.3 Å². The highest BCUT2D eigenvalue weighted by molar-refractivity contribution is 6.40. The van der Waals surface area contributed by atoms with E-state index in [0.29, 0.717) is 63.3 Å². The molecule has 1 fully saturated rings. The van der Waals surface area contributed by atoms with E-state index in [2.05, 4.69) is 20.5 Å². The van der Waals surface area contributed by atoms with E-state index in [1.165, 1.54) is 19.3 Å². The van der Waals surface area contributed by atoms with Gasteiger partial charge in [0, 0.05) is 62.7 Å². The number of β-amino-alcohol motifs (C(OH)–C–C–N with tert-alkyl or cyclic N) is 1. The summed E-state index contributed by atoms with van der Waals surface area (Å²) in [5.74, 6) is 0.365. The number of rotatable bonds is 12. The topological polar surface area (TPSA) is 155 Å². The summed E-state index contributed by atoms with van der Waals surface area (Å²) in [6.07, 6.45) is 12.4. The number of carbonyl (C=O) groups excluding carboxylic acids is 2. The molecular formula is C44H55Cl2N7O5. The maximum Gasteiger partial charge on any atom is 0.306 e. The minimum atomic E-state index is -0.642. The van der Waals surface area contributed by atoms with Gasteiger partial charge >= 0.3 is 5.97 Å². The van der Waals surface area contributed by atoms with Gasteiger partial charge in [0.25, 0.3) is 11.8 Å². The number of carboxylic acid groups (broad SMARTS) is 1. The molecular weight excluding hydrogens is 777 g/mol. The summed E-state index contributed by atoms with van der Waals surface area (Å²) in [6.45, 7) is 3.65. The summed E-state index contributed by atoms with van der Waals surface area (Å²) < 4.78 is 3.75. The summed E-state index contributed by atoms with van der Waals surface area (Å²) in [7, 11) is 3.75. The molecule has 0 spiro atoms. The van der Waals surface area contributed by atoms with Gasteiger partial charge in [-0.15, -0.1) is 0 Å². The summed E-state index contributed by atoms with van der Waals surface area (Å²) in [5.41, 5.74) is 5.93. The van der Waals surface area contributed by atoms with Gasteiger partial charge in [0.2, 0.25) is 0 Å². The van der Waals surface area contributed by atoms with Crippen LogP contribution in [0.15, 0.2) is 36.4 Å². The number of carboxylic acids is 1. The summed E-state index contributed by atoms with van der Waals surface area (Å²) in [5, 5.41) is 25.7. The summed E-state index contributed by atoms with van der Waals surface area (Å²) >= 11 is 13.9. The highest BCUT2D eigenvalue weighted by atomic mass is 35.5. The molecule has 3 heterocycles. The molecule has 310 valence electrons. The van der Waals surface area contributed by atoms with Crippen molar-refractivity contribution in [2.75, 3.05) is 23.7 Å². The summed E-state index contributed by atoms with van der Waals surface area (Å²) in [6, 6.07) is 10.7. The van der Waals surface area contributed by atoms with Crippen molar-refractivity contribution in [2.24, 2.45) is 31.8 Å². The first kappa shape index (κ1) is 41.9. The molecule has 7 rings (SSSR count). The van der Waals surface area contributed by atoms with Crippen molar-refractivity contribution < 1.29 is 24.6 Å². The molecule has 2 atom stereocenters. The quantitative estimate of drug-likeness (QED) is 0.111. The van der Waals surface area contributed by atoms with Gasteiger partial charge in [-0.25, -0.2) is 9.97 Å². The number of aliphatic hydroxyl groups excluding tert-OH is 1. The molecule has 0 bridgehead atoms. The van der Waals surface area contributed by atoms with Crippen LogP contribution < -0.4 is 10.6 Å². The average molecular weight is 833 g/mol. The Kier molecular flexibility index (Phi) is 13.3. The Morgan fingerprint density at radius 1 is 0.776 bits per heavy atom. The molecule has 14 heteroatoms. The van der Waals surface area contributed by atoms with Gasteiger partial charge in [0.1, 0.15) is 0 Å². The van der Waals surface area contributed by atoms with Gasteiger partial charge in [0.15, 0.2) is 11.6 Å². The SMILES string of the molecule is C[C@H](O)CN1CCc2c(nc(C(=O)Nc3cccc(-c4cccc(NC(=O)c5nc6c(n5C)CCC(CCC[C@H]5CC[C@H](C(=O)O)CC5)CCC6)c4Cl)c3Cl)n2C)C1. The Hall–Kier alpha value is -4.23. The molecule has 0 radical (unpaired) electrons. The molecule has 58 heavy (non-hydrogen) atoms. The highest BCUT2D eigenvalue weighted by Gasteiger charge is 2.29. The second-order valence-corrected chi connectivity index (χ2v) is 17.4. The zero-order valence-corrected chi connectivity index (χ0v) is 35.2. The van der Waals surface area contributed by atoms with Crippen molar-refractivity contribution in [3.8, 4) is 11.1 Å². The number of aromatic nitrogens is 4. The summed E-state index contributed by atoms with van der Waals surface area (Å²) in [4.78, 5) is 50.3. The van der Waals surface area contributed by atoms with Crippen molar-refractivity contribution >= 4 is 52.4 Å². The van der Waals surface area contributed by atoms with Crippen LogP contribution in [-0.4, -0.2) is 71.2 Å². The zero-order valence-electron chi connectivity index (χ0n) is 33.7. The van der Waals surface area contributed by atoms with Crippen molar-refractivity contribution in [1.82, 2.24) is 24.0 Å². The Morgan fingerprint density at radius 3 is 1.90 bits per heavy atom. The van der Waals surface area contributed by atoms with Crippen LogP contribution in [0.1, 0.15) is 115 Å². The first-order valence-electron chi connectivity index (χ1n) is 20.8. The fourth-order valence-corrected chi connectivity index (χ4v) is 9.92. The fraction of sp³-hybridized carbons (Fsp3) is 0.523. The number of nitrogens with zero attached hydrogens (tertiary/aromatic N) is 5. The van der Waals surface area contributed by atoms with E-state index in [1.54, 1.807) is 31.2 Å². The number of nitrogens with one attached hydrogen (secondary N) is 2. The first-order valence-corrected chi connectivity index (χ1v) is 21.6. The second kappa shape index (κ2) is 18.4. The number of amides is 2. The molecule has 3 aliphatic rings. The normalized spacial score (nSPS) is 20.3. The Balaban J connectivity index is 0.987. The van der Waals surface area contributed by atoms with Crippen molar-refractivity contribution in [2.45, 2.75) is 103 Å². The van der Waals surface area contributed by atoms with Crippen LogP contribution in [0, 0.1) is 17.8 Å². The number of carbonyl (C=O) groups is 3. The van der Waals surface area contributed by atoms with E-state index < -0.39 is 18.0 Å². The van der Waals surface area contributed by atoms with Crippen LogP contribution >= 0.6 is 23.2 Å². The van der Waals surface area contributed by atoms with Crippen LogP contribution in [-0.2, 0) is 44.7 Å². The Bertz CT molecular complexity index is 2160. The fourth-order valence-electron chi connectivity index (χ4n) is 9.37. The largest absolute Gasteiger partial charge is 0.481 e. The molecule has 1 unspecified atom stereocenters. The number of fused-ring (bicyclic) bond motifs is 2. The number of hydrogen-bond donors (Lipinski definition) is 4. The standard InChI is InChI=1S/C44H55Cl2N7O5/c1-26(54)24-53-23-22-37-35(25-53)48-41(52(37)3)43(56)50-34-15-7-12-31(39(34)46)30-11-6-14-33(38(30)45)49-42(55)40-47-32-13-5-10-27(18-21-36(32)51(40)2)8-4-9-28-16-19-29(20-17-28)44(57)58/h6-7,11-12,14-15,26-29,54H,4-5,8-10,13,16-25H2,1-3H3,(H,49,55)(H,50,56)(H,57,58)/t26-,27?,28-,29-/m0/s1. The highest BCUT2D eigenvalue weighted by Crippen LogP contribution is 2.41. The van der Waals surface area contributed by atoms with Gasteiger partial charge in [0.05, 0.1) is 44.8 Å². The Morgan fingerprint density at radius 2 is 1.33 bits per heavy atom. The lowest BCUT2D eigenvalue weighted by Gasteiger charge is -2.27. The van der Waals surface area contributed by atoms with Gasteiger partial charge in [-0.3, -0.25) is 19.3 Å². The van der Waals surface area contributed by atoms with E-state index in [4.69, 9.17) is 28.2 Å². The van der Waals surface area contributed by atoms with E-state index in [-0.39, 0.29) is 17.6 Å². The first-order chi connectivity index (χ1) is 27.9. The number of aliphatic carboxylic acids is 1. The molecule has 2 aliphatic carbocycles. The smallest absolute Gasteiger partial charge is 0.306 e. The van der Waals surface area contributed by atoms with Crippen LogP contribution in [0.5, 0.6) is 0 Å². The van der Waals surface area contributed by atoms with Gasteiger partial charge < -0.3 is 30.0 Å². The Labute approximate surface area is 350 Å². The van der Waals surface area contributed by atoms with E-state index in [9.17, 15) is 24.6 Å². The number of aryl methyl sites for hydroxylation is 1. The lowest BCUT2D eigenvalue weighted by atomic mass is 9.79. The minimum absolute atomic E-state index is 0.158. The number of hydrogen-bond acceptors (Lipinski definition) is 7. The maximum atomic E-state index is 13.8. The average Bonchev–Trinajstić information content (AvgIpc) is 3.68. The van der Waals surface area contributed by atoms with Crippen molar-refractivity contribution in [3.05, 3.63) is 80.9 Å². The molecule has 1 aliphatic heterocycles. The third kappa shape index (κ3) is 9.30. The van der Waals surface area contributed by atoms with E-state index >= 15 is 0 Å². The van der Waals surface area contributed by atoms with Crippen LogP contribution in [0.4, 0.5) is 11.4 Å². The molecule has 2 aromatic heterocycles. The predicted octanol–water partition coefficient (Wildman–Crippen LogP) is 8.32. The second-order valence-electron chi connectivity index (χ2n) is 16.6. The molecule has 4 N–H and O–H groups in total. The maximum absolute atomic E-state index is 13.8. The lowest BCUT2D eigenvalue weighted by Crippen LogP contribution is -2.36. The van der Waals surface area contributed by atoms with E-state index in [1.807, 2.05) is 35.4 Å². The minimum Gasteiger partial charge on any atom is -0.481 e. The molecule has 2 aromatic carbocycles. The van der Waals surface area contributed by atoms with E-state index in [0.717, 1.165) is 93.5 Å². The molecule has 2 amide bonds. The zero-order chi connectivity index (χ0) is 41.1.